The van der Waals surface area contributed by atoms with Crippen LogP contribution < -0.4 is 0 Å². The number of aryl methyl sites for hydroxylation is 2. The van der Waals surface area contributed by atoms with Gasteiger partial charge in [0.05, 0.1) is 23.6 Å². The number of aromatic nitrogens is 6. The number of hydrogen-bond acceptors (Lipinski definition) is 4. The van der Waals surface area contributed by atoms with E-state index < -0.39 is 0 Å². The molecular formula is C23H25N7O. The molecule has 8 nitrogen and oxygen atoms in total. The molecule has 1 amide bonds. The highest BCUT2D eigenvalue weighted by molar-refractivity contribution is 5.96. The van der Waals surface area contributed by atoms with Crippen molar-refractivity contribution in [2.75, 3.05) is 6.54 Å². The standard InChI is InChI=1S/C23H25N7O/c1-14(31)29-10-11-30-20(13-29)21(25-22(30)15-4-5-15)16-6-8-24-23-17(16)12-19(28(23)3)18-7-9-27(2)26-18/h6-9,12,15H,4-5,10-11,13H2,1-3H3. The molecule has 1 aliphatic carbocycles. The van der Waals surface area contributed by atoms with Crippen LogP contribution in [0.5, 0.6) is 0 Å². The smallest absolute Gasteiger partial charge is 0.219 e. The van der Waals surface area contributed by atoms with Crippen molar-refractivity contribution in [2.45, 2.75) is 38.8 Å². The molecule has 6 rings (SSSR count). The molecule has 0 N–H and O–H groups in total. The lowest BCUT2D eigenvalue weighted by Crippen LogP contribution is -2.37. The lowest BCUT2D eigenvalue weighted by atomic mass is 10.1. The van der Waals surface area contributed by atoms with E-state index >= 15 is 0 Å². The fourth-order valence-corrected chi connectivity index (χ4v) is 4.76. The van der Waals surface area contributed by atoms with E-state index in [1.54, 1.807) is 6.92 Å². The summed E-state index contributed by atoms with van der Waals surface area (Å²) in [5, 5.41) is 5.64. The van der Waals surface area contributed by atoms with Crippen molar-refractivity contribution in [2.24, 2.45) is 14.1 Å². The maximum absolute atomic E-state index is 12.1. The molecule has 2 aliphatic rings. The highest BCUT2D eigenvalue weighted by atomic mass is 16.2. The summed E-state index contributed by atoms with van der Waals surface area (Å²) in [5.74, 6) is 1.84. The van der Waals surface area contributed by atoms with E-state index in [1.807, 2.05) is 42.1 Å². The molecule has 1 fully saturated rings. The van der Waals surface area contributed by atoms with Crippen LogP contribution in [0.4, 0.5) is 0 Å². The van der Waals surface area contributed by atoms with Crippen LogP contribution in [0.3, 0.4) is 0 Å². The largest absolute Gasteiger partial charge is 0.335 e. The molecule has 31 heavy (non-hydrogen) atoms. The maximum Gasteiger partial charge on any atom is 0.219 e. The first-order valence-electron chi connectivity index (χ1n) is 10.8. The number of fused-ring (bicyclic) bond motifs is 2. The van der Waals surface area contributed by atoms with Crippen molar-refractivity contribution >= 4 is 16.9 Å². The Morgan fingerprint density at radius 1 is 1.16 bits per heavy atom. The third kappa shape index (κ3) is 2.81. The first kappa shape index (κ1) is 18.4. The topological polar surface area (TPSA) is 73.8 Å². The lowest BCUT2D eigenvalue weighted by molar-refractivity contribution is -0.130. The Morgan fingerprint density at radius 3 is 2.71 bits per heavy atom. The summed E-state index contributed by atoms with van der Waals surface area (Å²) in [6.07, 6.45) is 6.21. The Labute approximate surface area is 180 Å². The third-order valence-electron chi connectivity index (χ3n) is 6.58. The zero-order valence-electron chi connectivity index (χ0n) is 18.0. The summed E-state index contributed by atoms with van der Waals surface area (Å²) in [6.45, 7) is 3.82. The molecule has 0 unspecified atom stereocenters. The van der Waals surface area contributed by atoms with Gasteiger partial charge in [0, 0.05) is 63.4 Å². The van der Waals surface area contributed by atoms with Gasteiger partial charge >= 0.3 is 0 Å². The minimum absolute atomic E-state index is 0.114. The van der Waals surface area contributed by atoms with Gasteiger partial charge in [-0.15, -0.1) is 0 Å². The van der Waals surface area contributed by atoms with Crippen LogP contribution in [0.25, 0.3) is 33.7 Å². The first-order valence-corrected chi connectivity index (χ1v) is 10.8. The van der Waals surface area contributed by atoms with E-state index in [2.05, 4.69) is 31.3 Å². The van der Waals surface area contributed by atoms with Gasteiger partial charge in [-0.3, -0.25) is 9.48 Å². The summed E-state index contributed by atoms with van der Waals surface area (Å²) in [7, 11) is 3.95. The number of carbonyl (C=O) groups is 1. The molecule has 0 atom stereocenters. The van der Waals surface area contributed by atoms with Gasteiger partial charge in [-0.2, -0.15) is 5.10 Å². The molecule has 0 radical (unpaired) electrons. The second-order valence-electron chi connectivity index (χ2n) is 8.69. The average molecular weight is 416 g/mol. The molecule has 0 bridgehead atoms. The normalized spacial score (nSPS) is 16.2. The molecule has 0 saturated heterocycles. The Kier molecular flexibility index (Phi) is 3.87. The van der Waals surface area contributed by atoms with Gasteiger partial charge in [0.25, 0.3) is 0 Å². The molecule has 0 spiro atoms. The monoisotopic (exact) mass is 415 g/mol. The van der Waals surface area contributed by atoms with Gasteiger partial charge in [0.1, 0.15) is 17.2 Å². The van der Waals surface area contributed by atoms with E-state index in [9.17, 15) is 4.79 Å². The minimum atomic E-state index is 0.114. The molecular weight excluding hydrogens is 390 g/mol. The summed E-state index contributed by atoms with van der Waals surface area (Å²) in [5.41, 5.74) is 6.05. The van der Waals surface area contributed by atoms with Gasteiger partial charge in [0.15, 0.2) is 0 Å². The van der Waals surface area contributed by atoms with Gasteiger partial charge in [-0.25, -0.2) is 9.97 Å². The van der Waals surface area contributed by atoms with Crippen molar-refractivity contribution in [3.05, 3.63) is 42.1 Å². The van der Waals surface area contributed by atoms with Crippen molar-refractivity contribution in [3.63, 3.8) is 0 Å². The van der Waals surface area contributed by atoms with Crippen LogP contribution in [0, 0.1) is 0 Å². The molecule has 158 valence electrons. The zero-order valence-corrected chi connectivity index (χ0v) is 18.0. The fraction of sp³-hybridized carbons (Fsp3) is 0.391. The summed E-state index contributed by atoms with van der Waals surface area (Å²) < 4.78 is 6.26. The van der Waals surface area contributed by atoms with Crippen LogP contribution in [0.15, 0.2) is 30.6 Å². The Bertz CT molecular complexity index is 1340. The predicted octanol–water partition coefficient (Wildman–Crippen LogP) is 3.08. The molecule has 0 aromatic carbocycles. The summed E-state index contributed by atoms with van der Waals surface area (Å²) >= 11 is 0. The Morgan fingerprint density at radius 2 is 2.00 bits per heavy atom. The molecule has 1 saturated carbocycles. The molecule has 8 heteroatoms. The molecule has 5 heterocycles. The van der Waals surface area contributed by atoms with Gasteiger partial charge in [-0.1, -0.05) is 0 Å². The average Bonchev–Trinajstić information content (AvgIpc) is 3.27. The highest BCUT2D eigenvalue weighted by Gasteiger charge is 2.34. The summed E-state index contributed by atoms with van der Waals surface area (Å²) in [4.78, 5) is 23.8. The second-order valence-corrected chi connectivity index (χ2v) is 8.69. The maximum atomic E-state index is 12.1. The van der Waals surface area contributed by atoms with Crippen molar-refractivity contribution < 1.29 is 4.79 Å². The number of pyridine rings is 1. The third-order valence-corrected chi connectivity index (χ3v) is 6.58. The van der Waals surface area contributed by atoms with Crippen molar-refractivity contribution in [3.8, 4) is 22.6 Å². The number of nitrogens with zero attached hydrogens (tertiary/aromatic N) is 7. The number of hydrogen-bond donors (Lipinski definition) is 0. The van der Waals surface area contributed by atoms with E-state index in [4.69, 9.17) is 4.98 Å². The quantitative estimate of drug-likeness (QED) is 0.515. The number of carbonyl (C=O) groups excluding carboxylic acids is 1. The molecule has 1 aliphatic heterocycles. The molecule has 4 aromatic heterocycles. The van der Waals surface area contributed by atoms with Crippen molar-refractivity contribution in [1.82, 2.24) is 33.8 Å². The lowest BCUT2D eigenvalue weighted by Gasteiger charge is -2.28. The minimum Gasteiger partial charge on any atom is -0.335 e. The van der Waals surface area contributed by atoms with Crippen LogP contribution in [0.1, 0.15) is 37.2 Å². The van der Waals surface area contributed by atoms with E-state index in [0.717, 1.165) is 52.5 Å². The zero-order chi connectivity index (χ0) is 21.3. The van der Waals surface area contributed by atoms with Crippen LogP contribution in [-0.4, -0.2) is 46.2 Å². The van der Waals surface area contributed by atoms with Crippen LogP contribution in [-0.2, 0) is 32.0 Å². The van der Waals surface area contributed by atoms with E-state index in [0.29, 0.717) is 12.5 Å². The van der Waals surface area contributed by atoms with Crippen molar-refractivity contribution in [1.29, 1.82) is 0 Å². The first-order chi connectivity index (χ1) is 15.0. The van der Waals surface area contributed by atoms with Crippen LogP contribution in [0.2, 0.25) is 0 Å². The van der Waals surface area contributed by atoms with E-state index in [1.165, 1.54) is 18.7 Å². The Balaban J connectivity index is 1.55. The highest BCUT2D eigenvalue weighted by Crippen LogP contribution is 2.43. The van der Waals surface area contributed by atoms with Crippen LogP contribution >= 0.6 is 0 Å². The van der Waals surface area contributed by atoms with Gasteiger partial charge in [-0.05, 0) is 31.0 Å². The summed E-state index contributed by atoms with van der Waals surface area (Å²) in [6, 6.07) is 6.23. The van der Waals surface area contributed by atoms with Gasteiger partial charge < -0.3 is 14.0 Å². The predicted molar refractivity (Wildman–Crippen MR) is 117 cm³/mol. The second kappa shape index (κ2) is 6.54. The molecule has 4 aromatic rings. The number of rotatable bonds is 3. The number of imidazole rings is 1. The Hall–Kier alpha value is -3.42. The number of amides is 1. The van der Waals surface area contributed by atoms with E-state index in [-0.39, 0.29) is 5.91 Å². The fourth-order valence-electron chi connectivity index (χ4n) is 4.76. The van der Waals surface area contributed by atoms with Gasteiger partial charge in [0.2, 0.25) is 5.91 Å². The SMILES string of the molecule is CC(=O)N1CCn2c(C3CC3)nc(-c3ccnc4c3cc(-c3ccn(C)n3)n4C)c2C1.